The number of carbonyl (C=O) groups is 1. The van der Waals surface area contributed by atoms with Crippen molar-refractivity contribution in [1.82, 2.24) is 9.80 Å². The molecule has 0 spiro atoms. The SMILES string of the molecule is CC1C=C(C#N)C=C(COc2ccc(C(=O)N3CCC[C@H]3CN3CCCC3)cc2)C1. The Morgan fingerprint density at radius 1 is 1.17 bits per heavy atom. The van der Waals surface area contributed by atoms with E-state index in [1.807, 2.05) is 36.4 Å². The molecule has 0 aromatic heterocycles. The smallest absolute Gasteiger partial charge is 0.254 e. The number of hydrogen-bond acceptors (Lipinski definition) is 4. The minimum absolute atomic E-state index is 0.135. The maximum Gasteiger partial charge on any atom is 0.254 e. The summed E-state index contributed by atoms with van der Waals surface area (Å²) in [6, 6.07) is 10.1. The summed E-state index contributed by atoms with van der Waals surface area (Å²) < 4.78 is 5.92. The van der Waals surface area contributed by atoms with Crippen molar-refractivity contribution in [2.45, 2.75) is 45.1 Å². The Morgan fingerprint density at radius 2 is 1.93 bits per heavy atom. The van der Waals surface area contributed by atoms with Crippen LogP contribution in [0.4, 0.5) is 0 Å². The summed E-state index contributed by atoms with van der Waals surface area (Å²) in [5, 5.41) is 9.14. The van der Waals surface area contributed by atoms with Crippen molar-refractivity contribution in [1.29, 1.82) is 5.26 Å². The van der Waals surface area contributed by atoms with Gasteiger partial charge in [-0.15, -0.1) is 0 Å². The summed E-state index contributed by atoms with van der Waals surface area (Å²) in [6.07, 6.45) is 9.60. The number of amides is 1. The monoisotopic (exact) mass is 405 g/mol. The Hall–Kier alpha value is -2.58. The average Bonchev–Trinajstić information content (AvgIpc) is 3.44. The second-order valence-electron chi connectivity index (χ2n) is 8.83. The van der Waals surface area contributed by atoms with Gasteiger partial charge in [0.1, 0.15) is 12.4 Å². The largest absolute Gasteiger partial charge is 0.489 e. The van der Waals surface area contributed by atoms with Crippen LogP contribution >= 0.6 is 0 Å². The molecular weight excluding hydrogens is 374 g/mol. The van der Waals surface area contributed by atoms with Crippen LogP contribution in [-0.4, -0.2) is 54.5 Å². The van der Waals surface area contributed by atoms with E-state index in [4.69, 9.17) is 10.00 Å². The zero-order chi connectivity index (χ0) is 20.9. The van der Waals surface area contributed by atoms with Gasteiger partial charge in [-0.1, -0.05) is 13.0 Å². The highest BCUT2D eigenvalue weighted by Crippen LogP contribution is 2.25. The van der Waals surface area contributed by atoms with Gasteiger partial charge in [0.15, 0.2) is 0 Å². The van der Waals surface area contributed by atoms with E-state index in [0.717, 1.165) is 49.2 Å². The molecular formula is C25H31N3O2. The van der Waals surface area contributed by atoms with E-state index in [9.17, 15) is 4.79 Å². The number of benzene rings is 1. The van der Waals surface area contributed by atoms with Gasteiger partial charge in [-0.2, -0.15) is 5.26 Å². The van der Waals surface area contributed by atoms with Crippen LogP contribution < -0.4 is 4.74 Å². The number of nitrogens with zero attached hydrogens (tertiary/aromatic N) is 3. The predicted molar refractivity (Wildman–Crippen MR) is 117 cm³/mol. The van der Waals surface area contributed by atoms with E-state index in [2.05, 4.69) is 22.8 Å². The number of nitriles is 1. The molecule has 0 bridgehead atoms. The average molecular weight is 406 g/mol. The molecule has 5 nitrogen and oxygen atoms in total. The lowest BCUT2D eigenvalue weighted by Crippen LogP contribution is -2.42. The van der Waals surface area contributed by atoms with Crippen molar-refractivity contribution < 1.29 is 9.53 Å². The van der Waals surface area contributed by atoms with Gasteiger partial charge in [0.25, 0.3) is 5.91 Å². The Balaban J connectivity index is 1.34. The summed E-state index contributed by atoms with van der Waals surface area (Å²) in [6.45, 7) is 6.80. The normalized spacial score (nSPS) is 24.3. The van der Waals surface area contributed by atoms with Gasteiger partial charge in [0, 0.05) is 30.3 Å². The van der Waals surface area contributed by atoms with Gasteiger partial charge in [0.05, 0.1) is 6.07 Å². The summed E-state index contributed by atoms with van der Waals surface area (Å²) in [7, 11) is 0. The molecule has 2 atom stereocenters. The van der Waals surface area contributed by atoms with Gasteiger partial charge >= 0.3 is 0 Å². The van der Waals surface area contributed by atoms with Crippen LogP contribution in [-0.2, 0) is 0 Å². The summed E-state index contributed by atoms with van der Waals surface area (Å²) in [5.74, 6) is 1.25. The summed E-state index contributed by atoms with van der Waals surface area (Å²) in [5.41, 5.74) is 2.57. The minimum atomic E-state index is 0.135. The maximum absolute atomic E-state index is 13.1. The third-order valence-electron chi connectivity index (χ3n) is 6.37. The Kier molecular flexibility index (Phi) is 6.54. The van der Waals surface area contributed by atoms with Crippen LogP contribution in [0.2, 0.25) is 0 Å². The first-order valence-electron chi connectivity index (χ1n) is 11.2. The van der Waals surface area contributed by atoms with E-state index in [-0.39, 0.29) is 5.91 Å². The highest BCUT2D eigenvalue weighted by atomic mass is 16.5. The number of ether oxygens (including phenoxy) is 1. The highest BCUT2D eigenvalue weighted by Gasteiger charge is 2.31. The highest BCUT2D eigenvalue weighted by molar-refractivity contribution is 5.94. The molecule has 3 aliphatic rings. The zero-order valence-corrected chi connectivity index (χ0v) is 17.8. The van der Waals surface area contributed by atoms with Crippen molar-refractivity contribution in [3.63, 3.8) is 0 Å². The Morgan fingerprint density at radius 3 is 2.67 bits per heavy atom. The Bertz CT molecular complexity index is 859. The number of likely N-dealkylation sites (tertiary alicyclic amines) is 2. The van der Waals surface area contributed by atoms with Crippen LogP contribution in [0.1, 0.15) is 49.4 Å². The van der Waals surface area contributed by atoms with E-state index < -0.39 is 0 Å². The molecule has 1 unspecified atom stereocenters. The predicted octanol–water partition coefficient (Wildman–Crippen LogP) is 4.18. The lowest BCUT2D eigenvalue weighted by atomic mass is 9.92. The van der Waals surface area contributed by atoms with Gasteiger partial charge in [-0.3, -0.25) is 4.79 Å². The van der Waals surface area contributed by atoms with Crippen molar-refractivity contribution in [3.8, 4) is 11.8 Å². The van der Waals surface area contributed by atoms with E-state index in [0.29, 0.717) is 24.1 Å². The van der Waals surface area contributed by atoms with Gasteiger partial charge < -0.3 is 14.5 Å². The first-order valence-corrected chi connectivity index (χ1v) is 11.2. The molecule has 2 saturated heterocycles. The Labute approximate surface area is 179 Å². The van der Waals surface area contributed by atoms with Crippen LogP contribution in [0.5, 0.6) is 5.75 Å². The van der Waals surface area contributed by atoms with Crippen LogP contribution in [0, 0.1) is 17.2 Å². The fraction of sp³-hybridized carbons (Fsp3) is 0.520. The lowest BCUT2D eigenvalue weighted by Gasteiger charge is -2.28. The topological polar surface area (TPSA) is 56.6 Å². The zero-order valence-electron chi connectivity index (χ0n) is 17.8. The molecule has 5 heteroatoms. The molecule has 2 fully saturated rings. The summed E-state index contributed by atoms with van der Waals surface area (Å²) >= 11 is 0. The quantitative estimate of drug-likeness (QED) is 0.712. The van der Waals surface area contributed by atoms with Gasteiger partial charge in [-0.05, 0) is 87.0 Å². The van der Waals surface area contributed by atoms with Crippen molar-refractivity contribution in [2.75, 3.05) is 32.8 Å². The molecule has 158 valence electrons. The van der Waals surface area contributed by atoms with Crippen molar-refractivity contribution in [2.24, 2.45) is 5.92 Å². The van der Waals surface area contributed by atoms with Crippen LogP contribution in [0.25, 0.3) is 0 Å². The fourth-order valence-corrected chi connectivity index (χ4v) is 4.87. The van der Waals surface area contributed by atoms with Gasteiger partial charge in [-0.25, -0.2) is 0 Å². The second-order valence-corrected chi connectivity index (χ2v) is 8.83. The molecule has 4 rings (SSSR count). The molecule has 30 heavy (non-hydrogen) atoms. The molecule has 1 aromatic carbocycles. The first-order chi connectivity index (χ1) is 14.6. The molecule has 1 amide bonds. The minimum Gasteiger partial charge on any atom is -0.489 e. The lowest BCUT2D eigenvalue weighted by molar-refractivity contribution is 0.0708. The van der Waals surface area contributed by atoms with Crippen molar-refractivity contribution >= 4 is 5.91 Å². The van der Waals surface area contributed by atoms with E-state index in [1.54, 1.807) is 0 Å². The maximum atomic E-state index is 13.1. The number of hydrogen-bond donors (Lipinski definition) is 0. The third kappa shape index (κ3) is 4.94. The standard InChI is InChI=1S/C25H31N3O2/c1-19-13-20(16-26)15-21(14-19)18-30-24-8-6-22(7-9-24)25(29)28-12-4-5-23(28)17-27-10-2-3-11-27/h6-9,13,15,19,23H,2-5,10-12,14,17-18H2,1H3/t19?,23-/m0/s1. The number of allylic oxidation sites excluding steroid dienone is 3. The molecule has 0 N–H and O–H groups in total. The first kappa shape index (κ1) is 20.7. The molecule has 0 saturated carbocycles. The molecule has 1 aliphatic carbocycles. The molecule has 2 aliphatic heterocycles. The van der Waals surface area contributed by atoms with Crippen molar-refractivity contribution in [3.05, 3.63) is 53.1 Å². The number of rotatable bonds is 6. The van der Waals surface area contributed by atoms with E-state index >= 15 is 0 Å². The molecule has 0 radical (unpaired) electrons. The fourth-order valence-electron chi connectivity index (χ4n) is 4.87. The van der Waals surface area contributed by atoms with Crippen LogP contribution in [0.3, 0.4) is 0 Å². The number of carbonyl (C=O) groups excluding carboxylic acids is 1. The molecule has 2 heterocycles. The second kappa shape index (κ2) is 9.49. The van der Waals surface area contributed by atoms with Crippen LogP contribution in [0.15, 0.2) is 47.6 Å². The third-order valence-corrected chi connectivity index (χ3v) is 6.37. The summed E-state index contributed by atoms with van der Waals surface area (Å²) in [4.78, 5) is 17.6. The van der Waals surface area contributed by atoms with Gasteiger partial charge in [0.2, 0.25) is 0 Å². The van der Waals surface area contributed by atoms with E-state index in [1.165, 1.54) is 25.9 Å². The molecule has 1 aromatic rings.